The third-order valence-corrected chi connectivity index (χ3v) is 3.23. The van der Waals surface area contributed by atoms with Crippen molar-refractivity contribution >= 4 is 39.0 Å². The summed E-state index contributed by atoms with van der Waals surface area (Å²) in [6, 6.07) is 3.57. The van der Waals surface area contributed by atoms with Crippen molar-refractivity contribution in [3.63, 3.8) is 0 Å². The van der Waals surface area contributed by atoms with Crippen LogP contribution in [0, 0.1) is 26.0 Å². The minimum atomic E-state index is -0.864. The quantitative estimate of drug-likeness (QED) is 0.636. The second-order valence-electron chi connectivity index (χ2n) is 4.19. The van der Waals surface area contributed by atoms with Gasteiger partial charge in [-0.25, -0.2) is 9.37 Å². The van der Waals surface area contributed by atoms with Crippen LogP contribution in [0.2, 0.25) is 0 Å². The van der Waals surface area contributed by atoms with E-state index in [0.29, 0.717) is 0 Å². The lowest BCUT2D eigenvalue weighted by atomic mass is 10.1. The molecular formula is C12H6BrFN4O5. The Kier molecular flexibility index (Phi) is 4.60. The number of benzene rings is 1. The third-order valence-electron chi connectivity index (χ3n) is 2.63. The topological polar surface area (TPSA) is 128 Å². The molecule has 23 heavy (non-hydrogen) atoms. The average molecular weight is 385 g/mol. The molecule has 118 valence electrons. The second kappa shape index (κ2) is 6.44. The van der Waals surface area contributed by atoms with E-state index in [-0.39, 0.29) is 15.9 Å². The monoisotopic (exact) mass is 384 g/mol. The van der Waals surface area contributed by atoms with Crippen molar-refractivity contribution < 1.29 is 19.0 Å². The van der Waals surface area contributed by atoms with Gasteiger partial charge in [-0.3, -0.25) is 25.0 Å². The van der Waals surface area contributed by atoms with Gasteiger partial charge in [0.25, 0.3) is 17.3 Å². The van der Waals surface area contributed by atoms with Crippen molar-refractivity contribution in [1.82, 2.24) is 4.98 Å². The van der Waals surface area contributed by atoms with E-state index in [1.54, 1.807) is 0 Å². The van der Waals surface area contributed by atoms with E-state index < -0.39 is 32.9 Å². The van der Waals surface area contributed by atoms with Crippen LogP contribution in [0.25, 0.3) is 0 Å². The summed E-state index contributed by atoms with van der Waals surface area (Å²) in [6.45, 7) is 0. The summed E-state index contributed by atoms with van der Waals surface area (Å²) >= 11 is 2.99. The first-order chi connectivity index (χ1) is 10.8. The number of carbonyl (C=O) groups excluding carboxylic acids is 1. The zero-order chi connectivity index (χ0) is 17.1. The maximum Gasteiger partial charge on any atom is 0.277 e. The summed E-state index contributed by atoms with van der Waals surface area (Å²) in [5.41, 5.74) is -1.50. The van der Waals surface area contributed by atoms with E-state index in [2.05, 4.69) is 26.2 Å². The van der Waals surface area contributed by atoms with Gasteiger partial charge in [0.15, 0.2) is 0 Å². The minimum Gasteiger partial charge on any atom is -0.306 e. The number of pyridine rings is 1. The van der Waals surface area contributed by atoms with Gasteiger partial charge >= 0.3 is 0 Å². The van der Waals surface area contributed by atoms with Gasteiger partial charge in [0.05, 0.1) is 32.1 Å². The molecule has 0 atom stereocenters. The largest absolute Gasteiger partial charge is 0.306 e. The fourth-order valence-corrected chi connectivity index (χ4v) is 2.04. The SMILES string of the molecule is O=C(Nc1ncc(F)cc1Br)c1cc([N+](=O)[O-])cc([N+](=O)[O-])c1. The molecule has 1 heterocycles. The Balaban J connectivity index is 2.38. The number of hydrogen-bond donors (Lipinski definition) is 1. The molecule has 1 N–H and O–H groups in total. The van der Waals surface area contributed by atoms with E-state index in [9.17, 15) is 29.4 Å². The summed E-state index contributed by atoms with van der Waals surface area (Å²) in [7, 11) is 0. The van der Waals surface area contributed by atoms with Crippen LogP contribution in [-0.2, 0) is 0 Å². The van der Waals surface area contributed by atoms with Gasteiger partial charge < -0.3 is 5.32 Å². The van der Waals surface area contributed by atoms with Crippen LogP contribution in [0.3, 0.4) is 0 Å². The van der Waals surface area contributed by atoms with Crippen LogP contribution in [0.4, 0.5) is 21.6 Å². The van der Waals surface area contributed by atoms with Crippen molar-refractivity contribution in [2.75, 3.05) is 5.32 Å². The number of nitrogens with zero attached hydrogens (tertiary/aromatic N) is 3. The van der Waals surface area contributed by atoms with Crippen LogP contribution < -0.4 is 5.32 Å². The zero-order valence-corrected chi connectivity index (χ0v) is 12.6. The Morgan fingerprint density at radius 1 is 1.13 bits per heavy atom. The van der Waals surface area contributed by atoms with Gasteiger partial charge in [-0.05, 0) is 22.0 Å². The Bertz CT molecular complexity index is 797. The lowest BCUT2D eigenvalue weighted by Gasteiger charge is -2.06. The molecule has 2 aromatic rings. The number of halogens is 2. The van der Waals surface area contributed by atoms with E-state index in [1.807, 2.05) is 0 Å². The first kappa shape index (κ1) is 16.4. The summed E-state index contributed by atoms with van der Waals surface area (Å²) in [4.78, 5) is 35.6. The average Bonchev–Trinajstić information content (AvgIpc) is 2.49. The molecule has 1 aromatic heterocycles. The number of aromatic nitrogens is 1. The van der Waals surface area contributed by atoms with Crippen LogP contribution in [0.5, 0.6) is 0 Å². The number of non-ortho nitro benzene ring substituents is 2. The highest BCUT2D eigenvalue weighted by Crippen LogP contribution is 2.25. The number of carbonyl (C=O) groups is 1. The summed E-state index contributed by atoms with van der Waals surface area (Å²) < 4.78 is 13.1. The maximum atomic E-state index is 12.9. The van der Waals surface area contributed by atoms with Crippen molar-refractivity contribution in [3.8, 4) is 0 Å². The van der Waals surface area contributed by atoms with Crippen molar-refractivity contribution in [3.05, 3.63) is 66.5 Å². The molecule has 0 aliphatic heterocycles. The molecule has 11 heteroatoms. The number of anilines is 1. The predicted molar refractivity (Wildman–Crippen MR) is 79.6 cm³/mol. The van der Waals surface area contributed by atoms with Gasteiger partial charge in [-0.15, -0.1) is 0 Å². The first-order valence-corrected chi connectivity index (χ1v) is 6.63. The van der Waals surface area contributed by atoms with Gasteiger partial charge in [0.1, 0.15) is 11.6 Å². The molecule has 0 fully saturated rings. The minimum absolute atomic E-state index is 0.0365. The lowest BCUT2D eigenvalue weighted by molar-refractivity contribution is -0.394. The molecule has 0 radical (unpaired) electrons. The molecule has 0 unspecified atom stereocenters. The van der Waals surface area contributed by atoms with Gasteiger partial charge in [0, 0.05) is 12.1 Å². The number of rotatable bonds is 4. The highest BCUT2D eigenvalue weighted by molar-refractivity contribution is 9.10. The molecule has 2 rings (SSSR count). The standard InChI is InChI=1S/C12H6BrFN4O5/c13-10-3-7(14)5-15-11(10)16-12(19)6-1-8(17(20)21)4-9(2-6)18(22)23/h1-5H,(H,15,16,19). The number of hydrogen-bond acceptors (Lipinski definition) is 6. The smallest absolute Gasteiger partial charge is 0.277 e. The normalized spacial score (nSPS) is 10.2. The number of nitrogens with one attached hydrogen (secondary N) is 1. The molecular weight excluding hydrogens is 379 g/mol. The van der Waals surface area contributed by atoms with Crippen molar-refractivity contribution in [1.29, 1.82) is 0 Å². The summed E-state index contributed by atoms with van der Waals surface area (Å²) in [5, 5.41) is 23.9. The van der Waals surface area contributed by atoms with Crippen molar-refractivity contribution in [2.24, 2.45) is 0 Å². The number of nitro benzene ring substituents is 2. The Hall–Kier alpha value is -2.95. The fourth-order valence-electron chi connectivity index (χ4n) is 1.62. The second-order valence-corrected chi connectivity index (χ2v) is 5.04. The first-order valence-electron chi connectivity index (χ1n) is 5.84. The van der Waals surface area contributed by atoms with Crippen LogP contribution >= 0.6 is 15.9 Å². The Morgan fingerprint density at radius 3 is 2.17 bits per heavy atom. The molecule has 0 spiro atoms. The molecule has 1 amide bonds. The van der Waals surface area contributed by atoms with E-state index in [0.717, 1.165) is 30.5 Å². The molecule has 0 bridgehead atoms. The molecule has 1 aromatic carbocycles. The molecule has 9 nitrogen and oxygen atoms in total. The Labute approximate surface area is 135 Å². The third kappa shape index (κ3) is 3.83. The van der Waals surface area contributed by atoms with Gasteiger partial charge in [-0.1, -0.05) is 0 Å². The summed E-state index contributed by atoms with van der Waals surface area (Å²) in [6.07, 6.45) is 0.857. The molecule has 0 saturated heterocycles. The predicted octanol–water partition coefficient (Wildman–Crippen LogP) is 3.05. The van der Waals surface area contributed by atoms with E-state index in [4.69, 9.17) is 0 Å². The van der Waals surface area contributed by atoms with Crippen molar-refractivity contribution in [2.45, 2.75) is 0 Å². The van der Waals surface area contributed by atoms with Crippen LogP contribution in [0.15, 0.2) is 34.9 Å². The highest BCUT2D eigenvalue weighted by Gasteiger charge is 2.20. The van der Waals surface area contributed by atoms with Gasteiger partial charge in [-0.2, -0.15) is 0 Å². The maximum absolute atomic E-state index is 12.9. The molecule has 0 aliphatic rings. The van der Waals surface area contributed by atoms with E-state index in [1.165, 1.54) is 0 Å². The fraction of sp³-hybridized carbons (Fsp3) is 0. The number of amides is 1. The van der Waals surface area contributed by atoms with Crippen LogP contribution in [-0.4, -0.2) is 20.7 Å². The molecule has 0 aliphatic carbocycles. The van der Waals surface area contributed by atoms with Gasteiger partial charge in [0.2, 0.25) is 0 Å². The Morgan fingerprint density at radius 2 is 1.70 bits per heavy atom. The van der Waals surface area contributed by atoms with E-state index >= 15 is 0 Å². The zero-order valence-electron chi connectivity index (χ0n) is 11.0. The lowest BCUT2D eigenvalue weighted by Crippen LogP contribution is -2.14. The highest BCUT2D eigenvalue weighted by atomic mass is 79.9. The molecule has 0 saturated carbocycles. The van der Waals surface area contributed by atoms with Crippen LogP contribution in [0.1, 0.15) is 10.4 Å². The summed E-state index contributed by atoms with van der Waals surface area (Å²) in [5.74, 6) is -1.54. The number of nitro groups is 2.